The third-order valence-corrected chi connectivity index (χ3v) is 14.0. The Morgan fingerprint density at radius 3 is 1.26 bits per heavy atom. The van der Waals surface area contributed by atoms with Crippen LogP contribution in [0.15, 0.2) is 60.8 Å². The quantitative estimate of drug-likeness (QED) is 0.0228. The van der Waals surface area contributed by atoms with E-state index in [1.165, 1.54) is 96.3 Å². The molecule has 0 aliphatic carbocycles. The molecule has 3 N–H and O–H groups in total. The molecule has 1 aliphatic rings. The van der Waals surface area contributed by atoms with Gasteiger partial charge in [0, 0.05) is 19.3 Å². The Hall–Kier alpha value is -3.58. The number of hydrogen-bond acceptors (Lipinski definition) is 11. The number of carboxylic acid groups (broad SMARTS) is 1. The predicted octanol–water partition coefficient (Wildman–Crippen LogP) is 16.3. The van der Waals surface area contributed by atoms with Crippen LogP contribution in [0.5, 0.6) is 0 Å². The number of carbonyl (C=O) groups excluding carboxylic acids is 3. The Kier molecular flexibility index (Phi) is 49.2. The number of ether oxygens (including phenoxy) is 5. The van der Waals surface area contributed by atoms with E-state index in [2.05, 4.69) is 81.5 Å². The van der Waals surface area contributed by atoms with Gasteiger partial charge < -0.3 is 39.0 Å². The summed E-state index contributed by atoms with van der Waals surface area (Å²) in [7, 11) is 0. The Morgan fingerprint density at radius 2 is 0.805 bits per heavy atom. The summed E-state index contributed by atoms with van der Waals surface area (Å²) in [6.07, 6.45) is 53.2. The molecule has 0 saturated carbocycles. The number of carboxylic acids is 1. The number of allylic oxidation sites excluding steroid dienone is 10. The number of rotatable bonds is 53. The Balaban J connectivity index is 2.66. The van der Waals surface area contributed by atoms with Crippen molar-refractivity contribution in [1.82, 2.24) is 0 Å². The summed E-state index contributed by atoms with van der Waals surface area (Å²) in [6.45, 7) is 5.90. The van der Waals surface area contributed by atoms with Crippen LogP contribution < -0.4 is 0 Å². The van der Waals surface area contributed by atoms with Gasteiger partial charge in [0.1, 0.15) is 18.8 Å². The Bertz CT molecular complexity index is 1570. The molecule has 12 nitrogen and oxygen atoms in total. The number of aliphatic hydroxyl groups excluding tert-OH is 2. The molecule has 0 amide bonds. The van der Waals surface area contributed by atoms with Crippen LogP contribution in [0.1, 0.15) is 278 Å². The Labute approximate surface area is 468 Å². The summed E-state index contributed by atoms with van der Waals surface area (Å²) in [6, 6.07) is 0. The minimum Gasteiger partial charge on any atom is -0.479 e. The maximum Gasteiger partial charge on any atom is 0.335 e. The monoisotopic (exact) mass is 1080 g/mol. The third kappa shape index (κ3) is 43.0. The van der Waals surface area contributed by atoms with Crippen LogP contribution in [0.3, 0.4) is 0 Å². The van der Waals surface area contributed by atoms with Crippen molar-refractivity contribution >= 4 is 23.9 Å². The van der Waals surface area contributed by atoms with Gasteiger partial charge in [-0.05, 0) is 103 Å². The van der Waals surface area contributed by atoms with E-state index in [4.69, 9.17) is 23.7 Å². The molecule has 1 fully saturated rings. The van der Waals surface area contributed by atoms with Crippen molar-refractivity contribution in [2.75, 3.05) is 13.2 Å². The molecule has 6 atom stereocenters. The molecule has 0 bridgehead atoms. The fourth-order valence-electron chi connectivity index (χ4n) is 9.20. The summed E-state index contributed by atoms with van der Waals surface area (Å²) in [5.41, 5.74) is 0. The van der Waals surface area contributed by atoms with Crippen molar-refractivity contribution < 1.29 is 58.2 Å². The lowest BCUT2D eigenvalue weighted by molar-refractivity contribution is -0.301. The maximum absolute atomic E-state index is 13.1. The molecule has 1 heterocycles. The minimum absolute atomic E-state index is 0.0487. The van der Waals surface area contributed by atoms with E-state index in [-0.39, 0.29) is 25.9 Å². The fourth-order valence-corrected chi connectivity index (χ4v) is 9.20. The van der Waals surface area contributed by atoms with E-state index < -0.39 is 67.3 Å². The lowest BCUT2D eigenvalue weighted by atomic mass is 9.98. The minimum atomic E-state index is -1.91. The number of aliphatic carboxylic acids is 1. The fraction of sp³-hybridized carbons (Fsp3) is 0.785. The van der Waals surface area contributed by atoms with Crippen LogP contribution in [-0.2, 0) is 42.9 Å². The van der Waals surface area contributed by atoms with Crippen molar-refractivity contribution in [2.24, 2.45) is 0 Å². The summed E-state index contributed by atoms with van der Waals surface area (Å²) in [4.78, 5) is 51.2. The van der Waals surface area contributed by atoms with Crippen LogP contribution in [-0.4, -0.2) is 89.2 Å². The zero-order chi connectivity index (χ0) is 56.1. The van der Waals surface area contributed by atoms with Gasteiger partial charge in [-0.1, -0.05) is 216 Å². The molecule has 1 aliphatic heterocycles. The van der Waals surface area contributed by atoms with Crippen molar-refractivity contribution in [1.29, 1.82) is 0 Å². The molecule has 6 unspecified atom stereocenters. The average molecular weight is 1090 g/mol. The molecule has 1 saturated heterocycles. The first-order valence-electron chi connectivity index (χ1n) is 31.3. The number of carbonyl (C=O) groups is 4. The standard InChI is InChI=1S/C65H112O12/c1-4-7-10-13-16-19-22-25-27-28-29-30-32-34-36-39-42-45-48-51-57(66)73-54-56(75-58(67)52-49-46-43-40-37-33-24-21-18-15-12-9-6-3)55-74-65-63(61(70)60(69)62(77-65)64(71)72)76-59(68)53-50-47-44-41-38-35-31-26-23-20-17-14-11-8-5-2/h12,15-16,19,21,24-27,31,56,60-63,65,69-70H,4-11,13-14,17-18,20,22-23,28-30,32-55H2,1-3H3,(H,71,72)/b15-12-,19-16-,24-21-,27-25-,31-26-. The van der Waals surface area contributed by atoms with Gasteiger partial charge in [-0.3, -0.25) is 14.4 Å². The normalized spacial score (nSPS) is 18.4. The number of unbranched alkanes of at least 4 members (excludes halogenated alkanes) is 29. The van der Waals surface area contributed by atoms with Crippen LogP contribution >= 0.6 is 0 Å². The molecule has 12 heteroatoms. The lowest BCUT2D eigenvalue weighted by Gasteiger charge is -2.40. The SMILES string of the molecule is CCC/C=C\C/C=C\CCCCCCCC(=O)OC(COC(=O)CCCCCCCCCCC/C=C\C/C=C\CCCCC)COC1OC(C(=O)O)C(O)C(O)C1OC(=O)CCCCCCC/C=C\CCCCCCCC. The van der Waals surface area contributed by atoms with Gasteiger partial charge in [0.2, 0.25) is 0 Å². The van der Waals surface area contributed by atoms with Crippen LogP contribution in [0.25, 0.3) is 0 Å². The van der Waals surface area contributed by atoms with Gasteiger partial charge in [0.05, 0.1) is 6.61 Å². The first-order chi connectivity index (χ1) is 37.6. The summed E-state index contributed by atoms with van der Waals surface area (Å²) >= 11 is 0. The third-order valence-electron chi connectivity index (χ3n) is 14.0. The highest BCUT2D eigenvalue weighted by Gasteiger charge is 2.50. The summed E-state index contributed by atoms with van der Waals surface area (Å²) in [5, 5.41) is 31.5. The second-order valence-corrected chi connectivity index (χ2v) is 21.3. The van der Waals surface area contributed by atoms with Crippen molar-refractivity contribution in [3.63, 3.8) is 0 Å². The molecule has 0 aromatic carbocycles. The predicted molar refractivity (Wildman–Crippen MR) is 312 cm³/mol. The second kappa shape index (κ2) is 53.1. The second-order valence-electron chi connectivity index (χ2n) is 21.3. The Morgan fingerprint density at radius 1 is 0.429 bits per heavy atom. The zero-order valence-electron chi connectivity index (χ0n) is 49.0. The number of hydrogen-bond donors (Lipinski definition) is 3. The smallest absolute Gasteiger partial charge is 0.335 e. The average Bonchev–Trinajstić information content (AvgIpc) is 3.42. The first kappa shape index (κ1) is 71.4. The summed E-state index contributed by atoms with van der Waals surface area (Å²) in [5.74, 6) is -3.14. The maximum atomic E-state index is 13.1. The first-order valence-corrected chi connectivity index (χ1v) is 31.3. The topological polar surface area (TPSA) is 175 Å². The highest BCUT2D eigenvalue weighted by Crippen LogP contribution is 2.26. The lowest BCUT2D eigenvalue weighted by Crippen LogP contribution is -2.61. The highest BCUT2D eigenvalue weighted by atomic mass is 16.7. The van der Waals surface area contributed by atoms with Crippen LogP contribution in [0, 0.1) is 0 Å². The van der Waals surface area contributed by atoms with Gasteiger partial charge in [0.15, 0.2) is 24.6 Å². The van der Waals surface area contributed by atoms with E-state index in [9.17, 15) is 34.5 Å². The van der Waals surface area contributed by atoms with Gasteiger partial charge >= 0.3 is 23.9 Å². The van der Waals surface area contributed by atoms with Crippen molar-refractivity contribution in [3.05, 3.63) is 60.8 Å². The van der Waals surface area contributed by atoms with E-state index in [1.54, 1.807) is 0 Å². The largest absolute Gasteiger partial charge is 0.479 e. The van der Waals surface area contributed by atoms with Crippen LogP contribution in [0.4, 0.5) is 0 Å². The molecule has 0 radical (unpaired) electrons. The molecule has 0 spiro atoms. The van der Waals surface area contributed by atoms with Gasteiger partial charge in [-0.15, -0.1) is 0 Å². The molecule has 0 aromatic rings. The zero-order valence-corrected chi connectivity index (χ0v) is 49.0. The van der Waals surface area contributed by atoms with E-state index in [0.29, 0.717) is 19.3 Å². The number of aliphatic hydroxyl groups is 2. The van der Waals surface area contributed by atoms with E-state index >= 15 is 0 Å². The summed E-state index contributed by atoms with van der Waals surface area (Å²) < 4.78 is 28.5. The molecule has 1 rings (SSSR count). The van der Waals surface area contributed by atoms with Crippen LogP contribution in [0.2, 0.25) is 0 Å². The molecule has 444 valence electrons. The molecule has 77 heavy (non-hydrogen) atoms. The van der Waals surface area contributed by atoms with Gasteiger partial charge in [-0.2, -0.15) is 0 Å². The van der Waals surface area contributed by atoms with Crippen molar-refractivity contribution in [3.8, 4) is 0 Å². The highest BCUT2D eigenvalue weighted by molar-refractivity contribution is 5.74. The van der Waals surface area contributed by atoms with E-state index in [1.807, 2.05) is 0 Å². The number of esters is 3. The molecule has 0 aromatic heterocycles. The van der Waals surface area contributed by atoms with Crippen molar-refractivity contribution in [2.45, 2.75) is 314 Å². The molecular weight excluding hydrogens is 973 g/mol. The van der Waals surface area contributed by atoms with E-state index in [0.717, 1.165) is 122 Å². The van der Waals surface area contributed by atoms with Gasteiger partial charge in [-0.25, -0.2) is 4.79 Å². The van der Waals surface area contributed by atoms with Gasteiger partial charge in [0.25, 0.3) is 0 Å². The molecular formula is C65H112O12.